The summed E-state index contributed by atoms with van der Waals surface area (Å²) in [6.07, 6.45) is 10.0. The number of rotatable bonds is 6. The number of hydrogen-bond donors (Lipinski definition) is 3. The molecule has 1 aliphatic rings. The van der Waals surface area contributed by atoms with E-state index in [1.165, 1.54) is 23.6 Å². The average molecular weight is 534 g/mol. The van der Waals surface area contributed by atoms with Crippen LogP contribution in [0.1, 0.15) is 69.4 Å². The fourth-order valence-corrected chi connectivity index (χ4v) is 4.73. The SMILES string of the molecule is CC(NC(=O)[C@@H]1CCCCC1(C)C)c1ccc(-n2cc(F)cn2)nc1.Cc1cc(Nc2cc(C)[nH]n2)ncn1. The first-order valence-electron chi connectivity index (χ1n) is 13.2. The minimum atomic E-state index is -0.401. The summed E-state index contributed by atoms with van der Waals surface area (Å²) in [5, 5.41) is 17.0. The van der Waals surface area contributed by atoms with Gasteiger partial charge in [-0.1, -0.05) is 32.8 Å². The molecule has 1 fully saturated rings. The van der Waals surface area contributed by atoms with Crippen LogP contribution in [0, 0.1) is 31.0 Å². The van der Waals surface area contributed by atoms with E-state index in [0.29, 0.717) is 5.82 Å². The molecule has 1 unspecified atom stereocenters. The van der Waals surface area contributed by atoms with Gasteiger partial charge in [-0.2, -0.15) is 10.2 Å². The van der Waals surface area contributed by atoms with Crippen LogP contribution in [0.15, 0.2) is 49.2 Å². The largest absolute Gasteiger partial charge is 0.349 e. The minimum Gasteiger partial charge on any atom is -0.349 e. The first-order valence-corrected chi connectivity index (χ1v) is 13.2. The van der Waals surface area contributed by atoms with Crippen molar-refractivity contribution in [1.29, 1.82) is 0 Å². The van der Waals surface area contributed by atoms with E-state index in [4.69, 9.17) is 0 Å². The molecule has 4 heterocycles. The van der Waals surface area contributed by atoms with Gasteiger partial charge in [0, 0.05) is 35.6 Å². The summed E-state index contributed by atoms with van der Waals surface area (Å²) in [4.78, 5) is 25.1. The van der Waals surface area contributed by atoms with E-state index >= 15 is 0 Å². The molecule has 0 bridgehead atoms. The molecule has 39 heavy (non-hydrogen) atoms. The van der Waals surface area contributed by atoms with Crippen LogP contribution in [0.2, 0.25) is 0 Å². The third-order valence-corrected chi connectivity index (χ3v) is 7.00. The van der Waals surface area contributed by atoms with Crippen molar-refractivity contribution in [3.63, 3.8) is 0 Å². The monoisotopic (exact) mass is 533 g/mol. The van der Waals surface area contributed by atoms with E-state index in [1.54, 1.807) is 12.3 Å². The number of H-pyrrole nitrogens is 1. The summed E-state index contributed by atoms with van der Waals surface area (Å²) in [6, 6.07) is 7.32. The van der Waals surface area contributed by atoms with Crippen molar-refractivity contribution in [2.45, 2.75) is 66.3 Å². The highest BCUT2D eigenvalue weighted by Crippen LogP contribution is 2.40. The van der Waals surface area contributed by atoms with Crippen molar-refractivity contribution < 1.29 is 9.18 Å². The first-order chi connectivity index (χ1) is 18.6. The molecule has 3 N–H and O–H groups in total. The topological polar surface area (TPSA) is 126 Å². The number of anilines is 2. The molecule has 1 aliphatic carbocycles. The van der Waals surface area contributed by atoms with Gasteiger partial charge in [-0.05, 0) is 50.7 Å². The van der Waals surface area contributed by atoms with Crippen LogP contribution in [-0.2, 0) is 4.79 Å². The molecule has 1 saturated carbocycles. The average Bonchev–Trinajstić information content (AvgIpc) is 3.51. The van der Waals surface area contributed by atoms with E-state index in [2.05, 4.69) is 54.7 Å². The van der Waals surface area contributed by atoms with Gasteiger partial charge in [-0.25, -0.2) is 24.0 Å². The van der Waals surface area contributed by atoms with Gasteiger partial charge in [-0.3, -0.25) is 9.89 Å². The lowest BCUT2D eigenvalue weighted by Crippen LogP contribution is -2.41. The molecule has 1 amide bonds. The number of aromatic amines is 1. The van der Waals surface area contributed by atoms with Gasteiger partial charge in [-0.15, -0.1) is 0 Å². The predicted molar refractivity (Wildman–Crippen MR) is 147 cm³/mol. The molecule has 4 aromatic rings. The lowest BCUT2D eigenvalue weighted by atomic mass is 9.68. The Hall–Kier alpha value is -4.15. The second-order valence-electron chi connectivity index (χ2n) is 10.7. The van der Waals surface area contributed by atoms with Gasteiger partial charge in [0.15, 0.2) is 17.5 Å². The summed E-state index contributed by atoms with van der Waals surface area (Å²) >= 11 is 0. The van der Waals surface area contributed by atoms with E-state index < -0.39 is 5.82 Å². The van der Waals surface area contributed by atoms with E-state index in [9.17, 15) is 9.18 Å². The minimum absolute atomic E-state index is 0.0499. The molecular formula is C28H36FN9O. The molecule has 2 atom stereocenters. The third-order valence-electron chi connectivity index (χ3n) is 7.00. The maximum atomic E-state index is 13.0. The van der Waals surface area contributed by atoms with Crippen LogP contribution >= 0.6 is 0 Å². The van der Waals surface area contributed by atoms with Crippen molar-refractivity contribution >= 4 is 17.5 Å². The highest BCUT2D eigenvalue weighted by Gasteiger charge is 2.37. The number of nitrogens with one attached hydrogen (secondary N) is 3. The molecule has 0 aromatic carbocycles. The van der Waals surface area contributed by atoms with Gasteiger partial charge in [0.1, 0.15) is 12.1 Å². The number of hydrogen-bond acceptors (Lipinski definition) is 7. The molecule has 0 aliphatic heterocycles. The highest BCUT2D eigenvalue weighted by atomic mass is 19.1. The van der Waals surface area contributed by atoms with Gasteiger partial charge < -0.3 is 10.6 Å². The van der Waals surface area contributed by atoms with Gasteiger partial charge in [0.2, 0.25) is 5.91 Å². The van der Waals surface area contributed by atoms with E-state index in [1.807, 2.05) is 39.0 Å². The number of pyridine rings is 1. The third kappa shape index (κ3) is 7.46. The lowest BCUT2D eigenvalue weighted by Gasteiger charge is -2.38. The van der Waals surface area contributed by atoms with Crippen LogP contribution in [0.3, 0.4) is 0 Å². The Morgan fingerprint density at radius 2 is 1.95 bits per heavy atom. The fourth-order valence-electron chi connectivity index (χ4n) is 4.73. The normalized spacial score (nSPS) is 17.0. The zero-order valence-electron chi connectivity index (χ0n) is 23.1. The van der Waals surface area contributed by atoms with Crippen LogP contribution in [-0.4, -0.2) is 40.8 Å². The summed E-state index contributed by atoms with van der Waals surface area (Å²) in [7, 11) is 0. The zero-order chi connectivity index (χ0) is 28.0. The smallest absolute Gasteiger partial charge is 0.224 e. The van der Waals surface area contributed by atoms with Crippen LogP contribution in [0.4, 0.5) is 16.0 Å². The van der Waals surface area contributed by atoms with Crippen molar-refractivity contribution in [3.8, 4) is 5.82 Å². The Morgan fingerprint density at radius 3 is 2.56 bits per heavy atom. The zero-order valence-corrected chi connectivity index (χ0v) is 23.1. The number of halogens is 1. The fraction of sp³-hybridized carbons (Fsp3) is 0.429. The van der Waals surface area contributed by atoms with E-state index in [-0.39, 0.29) is 23.3 Å². The number of aromatic nitrogens is 7. The number of nitrogens with zero attached hydrogens (tertiary/aromatic N) is 6. The summed E-state index contributed by atoms with van der Waals surface area (Å²) in [6.45, 7) is 10.2. The van der Waals surface area contributed by atoms with E-state index in [0.717, 1.165) is 54.0 Å². The molecule has 0 saturated heterocycles. The lowest BCUT2D eigenvalue weighted by molar-refractivity contribution is -0.130. The first kappa shape index (κ1) is 27.9. The Morgan fingerprint density at radius 1 is 1.13 bits per heavy atom. The quantitative estimate of drug-likeness (QED) is 0.305. The van der Waals surface area contributed by atoms with Gasteiger partial charge >= 0.3 is 0 Å². The number of amides is 1. The van der Waals surface area contributed by atoms with Crippen LogP contribution in [0.5, 0.6) is 0 Å². The molecule has 5 rings (SSSR count). The summed E-state index contributed by atoms with van der Waals surface area (Å²) in [5.41, 5.74) is 2.90. The second-order valence-corrected chi connectivity index (χ2v) is 10.7. The van der Waals surface area contributed by atoms with Gasteiger partial charge in [0.05, 0.1) is 18.4 Å². The maximum absolute atomic E-state index is 13.0. The molecule has 10 nitrogen and oxygen atoms in total. The molecule has 11 heteroatoms. The number of carbonyl (C=O) groups is 1. The molecule has 0 spiro atoms. The van der Waals surface area contributed by atoms with Gasteiger partial charge in [0.25, 0.3) is 0 Å². The summed E-state index contributed by atoms with van der Waals surface area (Å²) < 4.78 is 14.4. The molecule has 4 aromatic heterocycles. The Labute approximate surface area is 227 Å². The maximum Gasteiger partial charge on any atom is 0.224 e. The van der Waals surface area contributed by atoms with Crippen molar-refractivity contribution in [2.24, 2.45) is 11.3 Å². The highest BCUT2D eigenvalue weighted by molar-refractivity contribution is 5.80. The Balaban J connectivity index is 0.000000212. The van der Waals surface area contributed by atoms with Crippen molar-refractivity contribution in [2.75, 3.05) is 5.32 Å². The molecular weight excluding hydrogens is 497 g/mol. The molecule has 0 radical (unpaired) electrons. The number of aryl methyl sites for hydroxylation is 2. The van der Waals surface area contributed by atoms with Crippen molar-refractivity contribution in [1.82, 2.24) is 40.2 Å². The number of carbonyl (C=O) groups excluding carboxylic acids is 1. The van der Waals surface area contributed by atoms with Crippen LogP contribution < -0.4 is 10.6 Å². The Bertz CT molecular complexity index is 1380. The second kappa shape index (κ2) is 12.1. The Kier molecular flexibility index (Phi) is 8.68. The van der Waals surface area contributed by atoms with Crippen LogP contribution in [0.25, 0.3) is 5.82 Å². The van der Waals surface area contributed by atoms with Crippen molar-refractivity contribution in [3.05, 3.63) is 72.0 Å². The molecule has 206 valence electrons. The predicted octanol–water partition coefficient (Wildman–Crippen LogP) is 5.36. The standard InChI is InChI=1S/C19H25FN4O.C9H11N5/c1-13(23-18(25)16-6-4-5-9-19(16,2)3)14-7-8-17(21-10-14)24-12-15(20)11-22-24;1-6-3-8(11-5-10-6)12-9-4-7(2)13-14-9/h7-8,10-13,16H,4-6,9H2,1-3H3,(H,23,25);3-5H,1-2H3,(H2,10,11,12,13,14)/t13?,16-;/m0./s1. The summed E-state index contributed by atoms with van der Waals surface area (Å²) in [5.74, 6) is 1.84.